The number of aliphatic hydroxyl groups excluding tert-OH is 29. The van der Waals surface area contributed by atoms with E-state index >= 15 is 0 Å². The van der Waals surface area contributed by atoms with Gasteiger partial charge in [0.2, 0.25) is 11.8 Å². The van der Waals surface area contributed by atoms with Crippen LogP contribution in [0.5, 0.6) is 0 Å². The second-order valence-electron chi connectivity index (χ2n) is 31.0. The van der Waals surface area contributed by atoms with Crippen molar-refractivity contribution in [3.8, 4) is 0 Å². The number of ether oxygens (including phenoxy) is 17. The van der Waals surface area contributed by atoms with E-state index in [2.05, 4.69) is 10.6 Å². The average molecular weight is 1820 g/mol. The highest BCUT2D eigenvalue weighted by Crippen LogP contribution is 2.46. The van der Waals surface area contributed by atoms with E-state index in [1.165, 1.54) is 0 Å². The third-order valence-corrected chi connectivity index (χ3v) is 22.4. The third-order valence-electron chi connectivity index (χ3n) is 22.4. The van der Waals surface area contributed by atoms with E-state index in [0.717, 1.165) is 13.8 Å². The smallest absolute Gasteiger partial charge is 0.364 e. The van der Waals surface area contributed by atoms with Crippen LogP contribution in [0.15, 0.2) is 0 Å². The molecule has 718 valence electrons. The summed E-state index contributed by atoms with van der Waals surface area (Å²) in [4.78, 5) is 64.8. The lowest BCUT2D eigenvalue weighted by molar-refractivity contribution is -0.417. The maximum Gasteiger partial charge on any atom is 0.364 e. The van der Waals surface area contributed by atoms with Crippen LogP contribution in [-0.4, -0.2) is 551 Å². The summed E-state index contributed by atoms with van der Waals surface area (Å²) in [5, 5.41) is 370. The lowest BCUT2D eigenvalue weighted by Crippen LogP contribution is -2.71. The van der Waals surface area contributed by atoms with E-state index in [9.17, 15) is 192 Å². The number of hydrogen-bond donors (Lipinski definition) is 35. The van der Waals surface area contributed by atoms with Crippen molar-refractivity contribution in [2.24, 2.45) is 0 Å². The molecule has 124 heavy (non-hydrogen) atoms. The van der Waals surface area contributed by atoms with Crippen LogP contribution in [0.4, 0.5) is 0 Å². The Balaban J connectivity index is 1.03. The summed E-state index contributed by atoms with van der Waals surface area (Å²) in [6, 6.07) is -3.86. The van der Waals surface area contributed by atoms with Gasteiger partial charge in [-0.2, -0.15) is 0 Å². The number of rotatable bonds is 36. The van der Waals surface area contributed by atoms with Crippen LogP contribution in [0.1, 0.15) is 33.1 Å². The van der Waals surface area contributed by atoms with Gasteiger partial charge in [0.25, 0.3) is 17.4 Å². The first-order valence-corrected chi connectivity index (χ1v) is 38.6. The molecular weight excluding hydrogens is 1710 g/mol. The van der Waals surface area contributed by atoms with Crippen LogP contribution in [0, 0.1) is 0 Å². The predicted molar refractivity (Wildman–Crippen MR) is 372 cm³/mol. The first-order chi connectivity index (χ1) is 58.3. The Morgan fingerprint density at radius 1 is 0.339 bits per heavy atom. The summed E-state index contributed by atoms with van der Waals surface area (Å²) in [6.07, 6.45) is -108. The average Bonchev–Trinajstić information content (AvgIpc) is 0.753. The van der Waals surface area contributed by atoms with Crippen molar-refractivity contribution in [3.63, 3.8) is 0 Å². The molecule has 0 aromatic heterocycles. The summed E-state index contributed by atoms with van der Waals surface area (Å²) in [5.41, 5.74) is 0. The molecule has 0 saturated carbocycles. The molecule has 0 aliphatic carbocycles. The van der Waals surface area contributed by atoms with Crippen molar-refractivity contribution in [1.82, 2.24) is 10.6 Å². The zero-order chi connectivity index (χ0) is 92.3. The number of nitrogens with one attached hydrogen (secondary N) is 2. The van der Waals surface area contributed by atoms with Crippen LogP contribution in [0.25, 0.3) is 0 Å². The zero-order valence-corrected chi connectivity index (χ0v) is 65.2. The summed E-state index contributed by atoms with van der Waals surface area (Å²) < 4.78 is 98.7. The van der Waals surface area contributed by atoms with E-state index in [1.807, 2.05) is 0 Å². The standard InChI is InChI=1S/C67H110N2O55/c1-15(79)68-29-17(81)3-67(64(105)106,123-51(29)32(89)19(83)6-70)124-53-35(92)27(13-77)110-59(42(53)99)116-50-30(69-16(2)80)56(108-26(12-76)34(50)91)114-48-28(14-78)111-58(39(96)37(48)94)117-52-40(97)44(20(84)7-71)112-60(41(52)98)118-54-43(100)61(113-46(22(86)9-73)55(54)119-57-38(95)36(93)33(90)25(11-75)109-57)115-49-24(5-65(107,62(101)102)121-47(49)23(87)10-74)120-66(63(103)104)4-18(82)31(88)45(122-66)21(85)8-72/h17-61,70-78,81-100,107H,3-14H2,1-2H3,(H,68,79)(H,69,80)(H,101,102)(H,103,104)(H,105,106)/t17-,18+,19+,20?,21+,22-,23+,24+,25+,26+,27+,28+,29+,30+,31+,32+,33+,34-,35-,36-,37+,38+,39+,40+,41-,42+,43-,44+,45+,46+,47+,48-,49+,50+,51+,52-,53-,54+,55+,56-,57-,58-,59-,60+,61+,65+,66+,67-/m0/s1. The topological polar surface area (TPSA) is 934 Å². The van der Waals surface area contributed by atoms with Crippen molar-refractivity contribution >= 4 is 29.7 Å². The number of carboxylic acid groups (broad SMARTS) is 3. The van der Waals surface area contributed by atoms with E-state index < -0.39 is 401 Å². The molecule has 9 heterocycles. The van der Waals surface area contributed by atoms with Crippen molar-refractivity contribution in [1.29, 1.82) is 0 Å². The number of hydrogen-bond acceptors (Lipinski definition) is 52. The molecule has 9 fully saturated rings. The maximum atomic E-state index is 13.4. The first kappa shape index (κ1) is 103. The van der Waals surface area contributed by atoms with Gasteiger partial charge in [-0.15, -0.1) is 0 Å². The van der Waals surface area contributed by atoms with Gasteiger partial charge >= 0.3 is 17.9 Å². The van der Waals surface area contributed by atoms with Crippen molar-refractivity contribution in [2.45, 2.75) is 326 Å². The summed E-state index contributed by atoms with van der Waals surface area (Å²) in [6.45, 7) is -10.3. The predicted octanol–water partition coefficient (Wildman–Crippen LogP) is -22.7. The van der Waals surface area contributed by atoms with Gasteiger partial charge < -0.3 is 260 Å². The number of amides is 2. The van der Waals surface area contributed by atoms with Crippen molar-refractivity contribution in [2.75, 3.05) is 59.5 Å². The van der Waals surface area contributed by atoms with E-state index in [0.29, 0.717) is 0 Å². The minimum absolute atomic E-state index is 0.847. The molecule has 0 aromatic rings. The number of carbonyl (C=O) groups is 5. The van der Waals surface area contributed by atoms with Crippen molar-refractivity contribution < 1.29 is 273 Å². The highest BCUT2D eigenvalue weighted by Gasteiger charge is 2.66. The van der Waals surface area contributed by atoms with Crippen LogP contribution >= 0.6 is 0 Å². The lowest BCUT2D eigenvalue weighted by atomic mass is 9.88. The molecule has 0 aromatic carbocycles. The second kappa shape index (κ2) is 43.2. The molecule has 57 nitrogen and oxygen atoms in total. The Morgan fingerprint density at radius 3 is 1.27 bits per heavy atom. The van der Waals surface area contributed by atoms with Gasteiger partial charge in [-0.05, 0) is 0 Å². The molecule has 9 rings (SSSR count). The van der Waals surface area contributed by atoms with Crippen LogP contribution in [0.3, 0.4) is 0 Å². The van der Waals surface area contributed by atoms with E-state index in [1.54, 1.807) is 0 Å². The van der Waals surface area contributed by atoms with Gasteiger partial charge in [0.15, 0.2) is 37.7 Å². The molecule has 9 aliphatic rings. The zero-order valence-electron chi connectivity index (χ0n) is 65.2. The Kier molecular flexibility index (Phi) is 36.0. The molecule has 35 N–H and O–H groups in total. The molecule has 0 bridgehead atoms. The molecule has 9 saturated heterocycles. The first-order valence-electron chi connectivity index (χ1n) is 38.6. The molecule has 2 amide bonds. The fourth-order valence-electron chi connectivity index (χ4n) is 15.8. The Bertz CT molecular complexity index is 3430. The lowest BCUT2D eigenvalue weighted by Gasteiger charge is -2.53. The van der Waals surface area contributed by atoms with E-state index in [4.69, 9.17) is 80.5 Å². The fraction of sp³-hybridized carbons (Fsp3) is 0.925. The number of aliphatic hydroxyl groups is 30. The number of carbonyl (C=O) groups excluding carboxylic acids is 2. The molecule has 9 aliphatic heterocycles. The van der Waals surface area contributed by atoms with Gasteiger partial charge in [-0.25, -0.2) is 14.4 Å². The molecule has 1 unspecified atom stereocenters. The van der Waals surface area contributed by atoms with Gasteiger partial charge in [0.05, 0.1) is 83.8 Å². The van der Waals surface area contributed by atoms with Crippen molar-refractivity contribution in [3.05, 3.63) is 0 Å². The summed E-state index contributed by atoms with van der Waals surface area (Å²) in [5.74, 6) is -19.3. The molecule has 0 radical (unpaired) electrons. The minimum atomic E-state index is -3.68. The van der Waals surface area contributed by atoms with Gasteiger partial charge in [0.1, 0.15) is 214 Å². The number of carboxylic acids is 3. The fourth-order valence-corrected chi connectivity index (χ4v) is 15.8. The molecule has 0 spiro atoms. The summed E-state index contributed by atoms with van der Waals surface area (Å²) in [7, 11) is 0. The molecule has 48 atom stereocenters. The highest BCUT2D eigenvalue weighted by atomic mass is 16.8. The largest absolute Gasteiger partial charge is 0.477 e. The number of aliphatic carboxylic acids is 3. The van der Waals surface area contributed by atoms with Gasteiger partial charge in [0, 0.05) is 33.1 Å². The Morgan fingerprint density at radius 2 is 0.742 bits per heavy atom. The third kappa shape index (κ3) is 21.6. The van der Waals surface area contributed by atoms with Crippen LogP contribution in [-0.2, 0) is 104 Å². The molecular formula is C67H110N2O55. The van der Waals surface area contributed by atoms with Gasteiger partial charge in [-0.1, -0.05) is 0 Å². The maximum absolute atomic E-state index is 13.4. The normalized spacial score (nSPS) is 47.0. The quantitative estimate of drug-likeness (QED) is 0.0277. The monoisotopic (exact) mass is 1820 g/mol. The SMILES string of the molecule is CC(=O)N[C@H]1[C@H](O[C@@H]2[C@H](O)[C@@H](O)[C@H](O[C@@H]3[C@H](O)[C@@H](O[C@@H]4[C@H](O)[C@@H](O[C@H]5[C@@H]([C@H](O)CO)O[C@@](O)(C(=O)O)C[C@H]5O[C@]5(C(=O)O)C[C@@H](O)[C@@H](O)[C@@H]([C@H](O)CO)O5)O[C@H]([C@@H](O)CO)[C@H]4O[C@@H]4O[C@H](CO)[C@@H](O)[C@H](O)[C@H]4O)O[C@H](C(O)CO)[C@H]3O)O[C@@H]2CO)O[C@H](CO)[C@H](O)[C@@H]1O[C@@H]1O[C@H](CO)[C@H](O)[C@H](O[C@]2(C(=O)O)C[C@H](O)[C@@H](NC(C)=O)[C@H]([C@H](O)[C@H](O)CO)O2)[C@H]1O. The van der Waals surface area contributed by atoms with Crippen LogP contribution < -0.4 is 10.6 Å². The van der Waals surface area contributed by atoms with Crippen LogP contribution in [0.2, 0.25) is 0 Å². The van der Waals surface area contributed by atoms with Gasteiger partial charge in [-0.3, -0.25) is 9.59 Å². The minimum Gasteiger partial charge on any atom is -0.477 e. The Hall–Kier alpha value is -4.53. The Labute approximate surface area is 697 Å². The second-order valence-corrected chi connectivity index (χ2v) is 31.0. The van der Waals surface area contributed by atoms with E-state index in [-0.39, 0.29) is 0 Å². The highest BCUT2D eigenvalue weighted by molar-refractivity contribution is 5.78. The molecule has 57 heteroatoms. The summed E-state index contributed by atoms with van der Waals surface area (Å²) >= 11 is 0.